The number of aliphatic carboxylic acids is 1. The van der Waals surface area contributed by atoms with Gasteiger partial charge < -0.3 is 20.1 Å². The Kier molecular flexibility index (Phi) is 2.90. The quantitative estimate of drug-likeness (QED) is 0.557. The van der Waals surface area contributed by atoms with Gasteiger partial charge in [-0.2, -0.15) is 0 Å². The Morgan fingerprint density at radius 1 is 1.62 bits per heavy atom. The Morgan fingerprint density at radius 2 is 2.23 bits per heavy atom. The third kappa shape index (κ3) is 2.95. The average molecular weight is 190 g/mol. The lowest BCUT2D eigenvalue weighted by molar-refractivity contribution is -0.216. The maximum atomic E-state index is 10.4. The SMILES string of the molecule is CC1CC(O)(CC(=O)O)CC(O)O1. The highest BCUT2D eigenvalue weighted by Crippen LogP contribution is 2.30. The summed E-state index contributed by atoms with van der Waals surface area (Å²) in [6.07, 6.45) is -1.52. The minimum absolute atomic E-state index is 0.0381. The smallest absolute Gasteiger partial charge is 0.306 e. The largest absolute Gasteiger partial charge is 0.481 e. The van der Waals surface area contributed by atoms with Crippen molar-refractivity contribution in [1.82, 2.24) is 0 Å². The van der Waals surface area contributed by atoms with Gasteiger partial charge in [-0.05, 0) is 6.92 Å². The molecule has 0 aromatic heterocycles. The van der Waals surface area contributed by atoms with Gasteiger partial charge in [0.1, 0.15) is 0 Å². The van der Waals surface area contributed by atoms with Crippen LogP contribution in [0, 0.1) is 0 Å². The van der Waals surface area contributed by atoms with Gasteiger partial charge in [0.05, 0.1) is 18.1 Å². The fourth-order valence-electron chi connectivity index (χ4n) is 1.73. The van der Waals surface area contributed by atoms with Crippen LogP contribution in [-0.2, 0) is 9.53 Å². The summed E-state index contributed by atoms with van der Waals surface area (Å²) in [5.41, 5.74) is -1.33. The molecule has 1 fully saturated rings. The topological polar surface area (TPSA) is 87.0 Å². The molecule has 0 saturated carbocycles. The Labute approximate surface area is 75.9 Å². The molecule has 5 heteroatoms. The molecule has 0 aromatic rings. The maximum Gasteiger partial charge on any atom is 0.306 e. The molecular formula is C8H14O5. The highest BCUT2D eigenvalue weighted by atomic mass is 16.6. The normalized spacial score (nSPS) is 40.2. The van der Waals surface area contributed by atoms with Crippen molar-refractivity contribution in [2.75, 3.05) is 0 Å². The fraction of sp³-hybridized carbons (Fsp3) is 0.875. The maximum absolute atomic E-state index is 10.4. The molecule has 0 amide bonds. The van der Waals surface area contributed by atoms with Crippen molar-refractivity contribution in [1.29, 1.82) is 0 Å². The molecule has 0 radical (unpaired) electrons. The van der Waals surface area contributed by atoms with Crippen LogP contribution in [0.1, 0.15) is 26.2 Å². The van der Waals surface area contributed by atoms with E-state index in [1.54, 1.807) is 6.92 Å². The first-order chi connectivity index (χ1) is 5.91. The first-order valence-electron chi connectivity index (χ1n) is 4.19. The van der Waals surface area contributed by atoms with E-state index in [0.717, 1.165) is 0 Å². The van der Waals surface area contributed by atoms with Crippen LogP contribution in [0.4, 0.5) is 0 Å². The van der Waals surface area contributed by atoms with E-state index in [0.29, 0.717) is 0 Å². The molecule has 1 rings (SSSR count). The van der Waals surface area contributed by atoms with E-state index in [1.807, 2.05) is 0 Å². The third-order valence-corrected chi connectivity index (χ3v) is 2.09. The van der Waals surface area contributed by atoms with Crippen LogP contribution in [0.25, 0.3) is 0 Å². The average Bonchev–Trinajstić information content (AvgIpc) is 1.77. The monoisotopic (exact) mass is 190 g/mol. The van der Waals surface area contributed by atoms with Gasteiger partial charge in [-0.1, -0.05) is 0 Å². The van der Waals surface area contributed by atoms with Gasteiger partial charge in [0.2, 0.25) is 0 Å². The van der Waals surface area contributed by atoms with E-state index in [-0.39, 0.29) is 25.4 Å². The molecule has 1 saturated heterocycles. The number of hydrogen-bond acceptors (Lipinski definition) is 4. The number of carboxylic acid groups (broad SMARTS) is 1. The fourth-order valence-corrected chi connectivity index (χ4v) is 1.73. The molecule has 0 bridgehead atoms. The van der Waals surface area contributed by atoms with Crippen LogP contribution in [0.5, 0.6) is 0 Å². The van der Waals surface area contributed by atoms with Crippen molar-refractivity contribution in [2.45, 2.75) is 44.2 Å². The second kappa shape index (κ2) is 3.61. The molecular weight excluding hydrogens is 176 g/mol. The van der Waals surface area contributed by atoms with E-state index in [2.05, 4.69) is 0 Å². The third-order valence-electron chi connectivity index (χ3n) is 2.09. The molecule has 0 aromatic carbocycles. The number of carboxylic acids is 1. The Bertz CT molecular complexity index is 193. The van der Waals surface area contributed by atoms with Gasteiger partial charge in [0.15, 0.2) is 6.29 Å². The number of carbonyl (C=O) groups is 1. The minimum Gasteiger partial charge on any atom is -0.481 e. The number of ether oxygens (including phenoxy) is 1. The number of rotatable bonds is 2. The van der Waals surface area contributed by atoms with E-state index in [1.165, 1.54) is 0 Å². The van der Waals surface area contributed by atoms with Crippen LogP contribution < -0.4 is 0 Å². The Morgan fingerprint density at radius 3 is 2.69 bits per heavy atom. The van der Waals surface area contributed by atoms with Gasteiger partial charge in [-0.15, -0.1) is 0 Å². The van der Waals surface area contributed by atoms with Crippen molar-refractivity contribution in [2.24, 2.45) is 0 Å². The Hall–Kier alpha value is -0.650. The predicted molar refractivity (Wildman–Crippen MR) is 43.0 cm³/mol. The van der Waals surface area contributed by atoms with E-state index >= 15 is 0 Å². The molecule has 0 aliphatic carbocycles. The summed E-state index contributed by atoms with van der Waals surface area (Å²) in [5.74, 6) is -1.07. The summed E-state index contributed by atoms with van der Waals surface area (Å²) in [6.45, 7) is 1.69. The number of aliphatic hydroxyl groups excluding tert-OH is 1. The van der Waals surface area contributed by atoms with Crippen LogP contribution in [-0.4, -0.2) is 39.3 Å². The van der Waals surface area contributed by atoms with Gasteiger partial charge in [-0.25, -0.2) is 0 Å². The molecule has 13 heavy (non-hydrogen) atoms. The predicted octanol–water partition coefficient (Wildman–Crippen LogP) is -0.290. The van der Waals surface area contributed by atoms with Gasteiger partial charge >= 0.3 is 5.97 Å². The lowest BCUT2D eigenvalue weighted by Crippen LogP contribution is -2.45. The lowest BCUT2D eigenvalue weighted by Gasteiger charge is -2.37. The van der Waals surface area contributed by atoms with Crippen molar-refractivity contribution < 1.29 is 24.9 Å². The summed E-state index contributed by atoms with van der Waals surface area (Å²) in [4.78, 5) is 10.4. The molecule has 1 heterocycles. The van der Waals surface area contributed by atoms with Crippen molar-refractivity contribution in [3.8, 4) is 0 Å². The standard InChI is InChI=1S/C8H14O5/c1-5-2-8(12,3-6(9)10)4-7(11)13-5/h5,7,11-12H,2-4H2,1H3,(H,9,10). The zero-order valence-electron chi connectivity index (χ0n) is 7.43. The summed E-state index contributed by atoms with van der Waals surface area (Å²) >= 11 is 0. The Balaban J connectivity index is 2.60. The van der Waals surface area contributed by atoms with Gasteiger partial charge in [-0.3, -0.25) is 4.79 Å². The molecule has 1 aliphatic heterocycles. The van der Waals surface area contributed by atoms with Crippen molar-refractivity contribution in [3.63, 3.8) is 0 Å². The van der Waals surface area contributed by atoms with E-state index in [4.69, 9.17) is 14.9 Å². The molecule has 1 aliphatic rings. The highest BCUT2D eigenvalue weighted by molar-refractivity contribution is 5.68. The van der Waals surface area contributed by atoms with E-state index < -0.39 is 17.9 Å². The molecule has 0 spiro atoms. The second-order valence-corrected chi connectivity index (χ2v) is 3.60. The second-order valence-electron chi connectivity index (χ2n) is 3.60. The van der Waals surface area contributed by atoms with Gasteiger partial charge in [0.25, 0.3) is 0 Å². The highest BCUT2D eigenvalue weighted by Gasteiger charge is 2.39. The first kappa shape index (κ1) is 10.4. The zero-order valence-corrected chi connectivity index (χ0v) is 7.43. The first-order valence-corrected chi connectivity index (χ1v) is 4.19. The van der Waals surface area contributed by atoms with Crippen molar-refractivity contribution in [3.05, 3.63) is 0 Å². The molecule has 3 unspecified atom stereocenters. The van der Waals surface area contributed by atoms with Crippen LogP contribution in [0.3, 0.4) is 0 Å². The van der Waals surface area contributed by atoms with Gasteiger partial charge in [0, 0.05) is 12.8 Å². The summed E-state index contributed by atoms with van der Waals surface area (Å²) < 4.78 is 4.97. The van der Waals surface area contributed by atoms with Crippen LogP contribution in [0.15, 0.2) is 0 Å². The number of hydrogen-bond donors (Lipinski definition) is 3. The zero-order chi connectivity index (χ0) is 10.1. The number of aliphatic hydroxyl groups is 2. The van der Waals surface area contributed by atoms with E-state index in [9.17, 15) is 9.90 Å². The molecule has 76 valence electrons. The van der Waals surface area contributed by atoms with Crippen LogP contribution >= 0.6 is 0 Å². The van der Waals surface area contributed by atoms with Crippen molar-refractivity contribution >= 4 is 5.97 Å². The summed E-state index contributed by atoms with van der Waals surface area (Å²) in [5, 5.41) is 27.4. The molecule has 3 N–H and O–H groups in total. The minimum atomic E-state index is -1.33. The molecule has 3 atom stereocenters. The summed E-state index contributed by atoms with van der Waals surface area (Å²) in [7, 11) is 0. The summed E-state index contributed by atoms with van der Waals surface area (Å²) in [6, 6.07) is 0. The van der Waals surface area contributed by atoms with Crippen LogP contribution in [0.2, 0.25) is 0 Å². The lowest BCUT2D eigenvalue weighted by atomic mass is 9.87. The molecule has 5 nitrogen and oxygen atoms in total.